The van der Waals surface area contributed by atoms with E-state index in [0.29, 0.717) is 6.04 Å². The number of nitrogens with zero attached hydrogens (tertiary/aromatic N) is 2. The van der Waals surface area contributed by atoms with Gasteiger partial charge < -0.3 is 5.32 Å². The number of pyridine rings is 2. The largest absolute Gasteiger partial charge is 0.368 e. The summed E-state index contributed by atoms with van der Waals surface area (Å²) in [6, 6.07) is 6.33. The van der Waals surface area contributed by atoms with E-state index in [0.717, 1.165) is 16.7 Å². The van der Waals surface area contributed by atoms with E-state index in [2.05, 4.69) is 29.1 Å². The van der Waals surface area contributed by atoms with Crippen molar-refractivity contribution < 1.29 is 0 Å². The van der Waals surface area contributed by atoms with Gasteiger partial charge in [0.2, 0.25) is 0 Å². The quantitative estimate of drug-likeness (QED) is 0.784. The summed E-state index contributed by atoms with van der Waals surface area (Å²) in [5.41, 5.74) is 0.977. The summed E-state index contributed by atoms with van der Waals surface area (Å²) in [7, 11) is 0. The summed E-state index contributed by atoms with van der Waals surface area (Å²) < 4.78 is 0. The fourth-order valence-electron chi connectivity index (χ4n) is 1.34. The van der Waals surface area contributed by atoms with Crippen molar-refractivity contribution in [2.24, 2.45) is 0 Å². The van der Waals surface area contributed by atoms with Gasteiger partial charge in [-0.2, -0.15) is 0 Å². The molecule has 0 saturated heterocycles. The molecule has 0 aliphatic heterocycles. The minimum absolute atomic E-state index is 0.404. The van der Waals surface area contributed by atoms with Crippen molar-refractivity contribution in [3.05, 3.63) is 30.6 Å². The summed E-state index contributed by atoms with van der Waals surface area (Å²) >= 11 is 0. The van der Waals surface area contributed by atoms with Gasteiger partial charge in [-0.3, -0.25) is 4.98 Å². The lowest BCUT2D eigenvalue weighted by molar-refractivity contribution is 0.891. The molecule has 0 amide bonds. The third kappa shape index (κ3) is 1.82. The zero-order valence-electron chi connectivity index (χ0n) is 8.36. The number of nitrogens with one attached hydrogen (secondary N) is 1. The lowest BCUT2D eigenvalue weighted by atomic mass is 10.2. The van der Waals surface area contributed by atoms with Gasteiger partial charge in [-0.25, -0.2) is 4.98 Å². The average molecular weight is 187 g/mol. The van der Waals surface area contributed by atoms with E-state index >= 15 is 0 Å². The fourth-order valence-corrected chi connectivity index (χ4v) is 1.34. The van der Waals surface area contributed by atoms with E-state index in [-0.39, 0.29) is 0 Å². The van der Waals surface area contributed by atoms with Crippen LogP contribution in [0.2, 0.25) is 0 Å². The zero-order chi connectivity index (χ0) is 9.97. The Labute approximate surface area is 83.2 Å². The van der Waals surface area contributed by atoms with Crippen LogP contribution in [-0.2, 0) is 0 Å². The van der Waals surface area contributed by atoms with Crippen molar-refractivity contribution in [3.63, 3.8) is 0 Å². The molecule has 0 aliphatic carbocycles. The lowest BCUT2D eigenvalue weighted by Gasteiger charge is -2.08. The third-order valence-electron chi connectivity index (χ3n) is 1.93. The number of hydrogen-bond donors (Lipinski definition) is 1. The minimum Gasteiger partial charge on any atom is -0.368 e. The molecule has 3 nitrogen and oxygen atoms in total. The molecule has 2 aromatic rings. The first kappa shape index (κ1) is 8.94. The maximum absolute atomic E-state index is 4.46. The molecule has 14 heavy (non-hydrogen) atoms. The van der Waals surface area contributed by atoms with E-state index in [1.54, 1.807) is 6.20 Å². The second-order valence-corrected chi connectivity index (χ2v) is 3.56. The van der Waals surface area contributed by atoms with Crippen molar-refractivity contribution in [2.45, 2.75) is 19.9 Å². The van der Waals surface area contributed by atoms with Crippen molar-refractivity contribution in [1.29, 1.82) is 0 Å². The topological polar surface area (TPSA) is 37.8 Å². The summed E-state index contributed by atoms with van der Waals surface area (Å²) in [5.74, 6) is 0.915. The molecule has 0 spiro atoms. The first-order chi connectivity index (χ1) is 6.75. The van der Waals surface area contributed by atoms with Gasteiger partial charge in [0.05, 0.1) is 5.52 Å². The Morgan fingerprint density at radius 1 is 1.21 bits per heavy atom. The number of rotatable bonds is 2. The van der Waals surface area contributed by atoms with Gasteiger partial charge in [-0.15, -0.1) is 0 Å². The van der Waals surface area contributed by atoms with Gasteiger partial charge in [0, 0.05) is 23.8 Å². The van der Waals surface area contributed by atoms with E-state index < -0.39 is 0 Å². The van der Waals surface area contributed by atoms with Gasteiger partial charge in [0.25, 0.3) is 0 Å². The Bertz CT molecular complexity index is 437. The highest BCUT2D eigenvalue weighted by atomic mass is 15.0. The maximum atomic E-state index is 4.46. The van der Waals surface area contributed by atoms with E-state index in [4.69, 9.17) is 0 Å². The van der Waals surface area contributed by atoms with Crippen LogP contribution in [0.1, 0.15) is 13.8 Å². The SMILES string of the molecule is CC(C)Nc1ccc2cnccc2n1. The molecule has 0 atom stereocenters. The van der Waals surface area contributed by atoms with Crippen molar-refractivity contribution >= 4 is 16.7 Å². The molecular formula is C11H13N3. The highest BCUT2D eigenvalue weighted by molar-refractivity contribution is 5.78. The molecule has 0 fully saturated rings. The standard InChI is InChI=1S/C11H13N3/c1-8(2)13-11-4-3-9-7-12-6-5-10(9)14-11/h3-8H,1-2H3,(H,13,14). The highest BCUT2D eigenvalue weighted by Crippen LogP contribution is 2.13. The second kappa shape index (κ2) is 3.62. The molecule has 0 saturated carbocycles. The van der Waals surface area contributed by atoms with Gasteiger partial charge >= 0.3 is 0 Å². The number of anilines is 1. The molecule has 3 heteroatoms. The van der Waals surface area contributed by atoms with E-state index in [1.165, 1.54) is 0 Å². The molecule has 1 N–H and O–H groups in total. The van der Waals surface area contributed by atoms with Crippen LogP contribution in [0.4, 0.5) is 5.82 Å². The van der Waals surface area contributed by atoms with Crippen molar-refractivity contribution in [2.75, 3.05) is 5.32 Å². The maximum Gasteiger partial charge on any atom is 0.126 e. The Morgan fingerprint density at radius 2 is 2.07 bits per heavy atom. The van der Waals surface area contributed by atoms with Crippen molar-refractivity contribution in [1.82, 2.24) is 9.97 Å². The molecule has 0 aromatic carbocycles. The molecular weight excluding hydrogens is 174 g/mol. The monoisotopic (exact) mass is 187 g/mol. The Balaban J connectivity index is 2.41. The number of fused-ring (bicyclic) bond motifs is 1. The third-order valence-corrected chi connectivity index (χ3v) is 1.93. The second-order valence-electron chi connectivity index (χ2n) is 3.56. The zero-order valence-corrected chi connectivity index (χ0v) is 8.36. The fraction of sp³-hybridized carbons (Fsp3) is 0.273. The molecule has 2 aromatic heterocycles. The van der Waals surface area contributed by atoms with Gasteiger partial charge in [0.15, 0.2) is 0 Å². The Kier molecular flexibility index (Phi) is 2.31. The molecule has 72 valence electrons. The summed E-state index contributed by atoms with van der Waals surface area (Å²) in [6.07, 6.45) is 3.58. The summed E-state index contributed by atoms with van der Waals surface area (Å²) in [6.45, 7) is 4.19. The van der Waals surface area contributed by atoms with Crippen LogP contribution in [0, 0.1) is 0 Å². The molecule has 0 unspecified atom stereocenters. The van der Waals surface area contributed by atoms with Crippen LogP contribution >= 0.6 is 0 Å². The lowest BCUT2D eigenvalue weighted by Crippen LogP contribution is -2.10. The summed E-state index contributed by atoms with van der Waals surface area (Å²) in [4.78, 5) is 8.51. The van der Waals surface area contributed by atoms with Gasteiger partial charge in [-0.05, 0) is 32.0 Å². The normalized spacial score (nSPS) is 10.8. The Morgan fingerprint density at radius 3 is 2.86 bits per heavy atom. The predicted molar refractivity (Wildman–Crippen MR) is 58.3 cm³/mol. The molecule has 0 radical (unpaired) electrons. The number of aromatic nitrogens is 2. The van der Waals surface area contributed by atoms with Crippen LogP contribution in [0.15, 0.2) is 30.6 Å². The van der Waals surface area contributed by atoms with Crippen LogP contribution in [0.5, 0.6) is 0 Å². The van der Waals surface area contributed by atoms with Gasteiger partial charge in [-0.1, -0.05) is 0 Å². The van der Waals surface area contributed by atoms with E-state index in [1.807, 2.05) is 24.4 Å². The summed E-state index contributed by atoms with van der Waals surface area (Å²) in [5, 5.41) is 4.34. The molecule has 2 heterocycles. The molecule has 2 rings (SSSR count). The van der Waals surface area contributed by atoms with Crippen molar-refractivity contribution in [3.8, 4) is 0 Å². The predicted octanol–water partition coefficient (Wildman–Crippen LogP) is 2.45. The highest BCUT2D eigenvalue weighted by Gasteiger charge is 1.98. The van der Waals surface area contributed by atoms with Crippen LogP contribution in [0.3, 0.4) is 0 Å². The van der Waals surface area contributed by atoms with Crippen LogP contribution in [0.25, 0.3) is 10.9 Å². The average Bonchev–Trinajstić information content (AvgIpc) is 2.17. The van der Waals surface area contributed by atoms with E-state index in [9.17, 15) is 0 Å². The molecule has 0 aliphatic rings. The first-order valence-corrected chi connectivity index (χ1v) is 4.73. The molecule has 0 bridgehead atoms. The minimum atomic E-state index is 0.404. The van der Waals surface area contributed by atoms with Crippen LogP contribution in [-0.4, -0.2) is 16.0 Å². The first-order valence-electron chi connectivity index (χ1n) is 4.73. The smallest absolute Gasteiger partial charge is 0.126 e. The number of hydrogen-bond acceptors (Lipinski definition) is 3. The van der Waals surface area contributed by atoms with Gasteiger partial charge in [0.1, 0.15) is 5.82 Å². The van der Waals surface area contributed by atoms with Crippen LogP contribution < -0.4 is 5.32 Å². The Hall–Kier alpha value is -1.64.